The van der Waals surface area contributed by atoms with Crippen molar-refractivity contribution in [2.24, 2.45) is 0 Å². The van der Waals surface area contributed by atoms with E-state index in [2.05, 4.69) is 29.3 Å². The van der Waals surface area contributed by atoms with Gasteiger partial charge in [0.2, 0.25) is 0 Å². The minimum absolute atomic E-state index is 0.450. The summed E-state index contributed by atoms with van der Waals surface area (Å²) in [5, 5.41) is 3.42. The van der Waals surface area contributed by atoms with Gasteiger partial charge in [-0.1, -0.05) is 13.3 Å². The molecule has 4 heteroatoms. The average Bonchev–Trinajstić information content (AvgIpc) is 2.52. The Kier molecular flexibility index (Phi) is 5.68. The largest absolute Gasteiger partial charge is 0.497 e. The third-order valence-corrected chi connectivity index (χ3v) is 3.91. The SMILES string of the molecule is CCC[C@@H](c1cc(OC)cc(OC)c1)N1CCNCC1. The Morgan fingerprint density at radius 3 is 2.20 bits per heavy atom. The van der Waals surface area contributed by atoms with Crippen LogP contribution < -0.4 is 14.8 Å². The molecule has 2 rings (SSSR count). The van der Waals surface area contributed by atoms with Gasteiger partial charge in [-0.3, -0.25) is 4.90 Å². The molecule has 1 aliphatic rings. The fraction of sp³-hybridized carbons (Fsp3) is 0.625. The van der Waals surface area contributed by atoms with Gasteiger partial charge in [0.1, 0.15) is 11.5 Å². The zero-order valence-corrected chi connectivity index (χ0v) is 12.8. The summed E-state index contributed by atoms with van der Waals surface area (Å²) in [6, 6.07) is 6.67. The summed E-state index contributed by atoms with van der Waals surface area (Å²) in [5.41, 5.74) is 1.30. The third-order valence-electron chi connectivity index (χ3n) is 3.91. The summed E-state index contributed by atoms with van der Waals surface area (Å²) in [7, 11) is 3.41. The molecule has 0 unspecified atom stereocenters. The molecule has 1 saturated heterocycles. The van der Waals surface area contributed by atoms with Crippen LogP contribution in [-0.2, 0) is 0 Å². The van der Waals surface area contributed by atoms with Gasteiger partial charge >= 0.3 is 0 Å². The first kappa shape index (κ1) is 15.1. The lowest BCUT2D eigenvalue weighted by atomic mass is 9.99. The molecule has 1 atom stereocenters. The molecule has 0 spiro atoms. The zero-order chi connectivity index (χ0) is 14.4. The summed E-state index contributed by atoms with van der Waals surface area (Å²) in [6.07, 6.45) is 2.34. The monoisotopic (exact) mass is 278 g/mol. The Hall–Kier alpha value is -1.26. The predicted molar refractivity (Wildman–Crippen MR) is 81.6 cm³/mol. The number of piperazine rings is 1. The predicted octanol–water partition coefficient (Wildman–Crippen LogP) is 2.45. The molecule has 1 aromatic rings. The van der Waals surface area contributed by atoms with Crippen LogP contribution in [0.4, 0.5) is 0 Å². The van der Waals surface area contributed by atoms with E-state index in [1.54, 1.807) is 14.2 Å². The van der Waals surface area contributed by atoms with Gasteiger partial charge in [0, 0.05) is 38.3 Å². The molecule has 1 fully saturated rings. The van der Waals surface area contributed by atoms with Gasteiger partial charge < -0.3 is 14.8 Å². The number of ether oxygens (including phenoxy) is 2. The Labute approximate surface area is 122 Å². The van der Waals surface area contributed by atoms with Crippen molar-refractivity contribution in [2.75, 3.05) is 40.4 Å². The number of methoxy groups -OCH3 is 2. The molecule has 0 aliphatic carbocycles. The average molecular weight is 278 g/mol. The molecule has 1 N–H and O–H groups in total. The van der Waals surface area contributed by atoms with E-state index in [0.29, 0.717) is 6.04 Å². The molecule has 1 heterocycles. The second-order valence-corrected chi connectivity index (χ2v) is 5.24. The Morgan fingerprint density at radius 2 is 1.70 bits per heavy atom. The summed E-state index contributed by atoms with van der Waals surface area (Å²) >= 11 is 0. The van der Waals surface area contributed by atoms with Crippen molar-refractivity contribution in [1.82, 2.24) is 10.2 Å². The molecule has 0 aromatic heterocycles. The normalized spacial score (nSPS) is 17.8. The van der Waals surface area contributed by atoms with Crippen molar-refractivity contribution in [3.63, 3.8) is 0 Å². The lowest BCUT2D eigenvalue weighted by Gasteiger charge is -2.35. The number of hydrogen-bond donors (Lipinski definition) is 1. The molecular formula is C16H26N2O2. The van der Waals surface area contributed by atoms with Crippen molar-refractivity contribution in [1.29, 1.82) is 0 Å². The van der Waals surface area contributed by atoms with Crippen LogP contribution in [0.3, 0.4) is 0 Å². The van der Waals surface area contributed by atoms with E-state index < -0.39 is 0 Å². The first-order chi connectivity index (χ1) is 9.78. The minimum atomic E-state index is 0.450. The lowest BCUT2D eigenvalue weighted by molar-refractivity contribution is 0.164. The van der Waals surface area contributed by atoms with Gasteiger partial charge in [0.05, 0.1) is 14.2 Å². The number of nitrogens with zero attached hydrogens (tertiary/aromatic N) is 1. The highest BCUT2D eigenvalue weighted by atomic mass is 16.5. The van der Waals surface area contributed by atoms with Gasteiger partial charge in [0.15, 0.2) is 0 Å². The van der Waals surface area contributed by atoms with Gasteiger partial charge in [-0.15, -0.1) is 0 Å². The number of hydrogen-bond acceptors (Lipinski definition) is 4. The topological polar surface area (TPSA) is 33.7 Å². The maximum absolute atomic E-state index is 5.40. The Morgan fingerprint density at radius 1 is 1.10 bits per heavy atom. The van der Waals surface area contributed by atoms with E-state index in [1.807, 2.05) is 6.07 Å². The van der Waals surface area contributed by atoms with Crippen molar-refractivity contribution in [2.45, 2.75) is 25.8 Å². The van der Waals surface area contributed by atoms with Crippen molar-refractivity contribution in [3.05, 3.63) is 23.8 Å². The van der Waals surface area contributed by atoms with Crippen LogP contribution in [0.2, 0.25) is 0 Å². The van der Waals surface area contributed by atoms with E-state index in [9.17, 15) is 0 Å². The molecule has 4 nitrogen and oxygen atoms in total. The fourth-order valence-corrected chi connectivity index (χ4v) is 2.85. The number of rotatable bonds is 6. The zero-order valence-electron chi connectivity index (χ0n) is 12.8. The smallest absolute Gasteiger partial charge is 0.122 e. The summed E-state index contributed by atoms with van der Waals surface area (Å²) in [6.45, 7) is 6.59. The molecule has 0 saturated carbocycles. The number of benzene rings is 1. The van der Waals surface area contributed by atoms with Gasteiger partial charge in [-0.25, -0.2) is 0 Å². The van der Waals surface area contributed by atoms with Crippen molar-refractivity contribution in [3.8, 4) is 11.5 Å². The maximum Gasteiger partial charge on any atom is 0.122 e. The van der Waals surface area contributed by atoms with Crippen LogP contribution in [0.1, 0.15) is 31.4 Å². The van der Waals surface area contributed by atoms with E-state index in [0.717, 1.165) is 44.1 Å². The maximum atomic E-state index is 5.40. The molecule has 112 valence electrons. The highest BCUT2D eigenvalue weighted by molar-refractivity contribution is 5.40. The fourth-order valence-electron chi connectivity index (χ4n) is 2.85. The molecule has 1 aromatic carbocycles. The van der Waals surface area contributed by atoms with Crippen LogP contribution >= 0.6 is 0 Å². The third kappa shape index (κ3) is 3.64. The van der Waals surface area contributed by atoms with Crippen molar-refractivity contribution >= 4 is 0 Å². The van der Waals surface area contributed by atoms with Gasteiger partial charge in [-0.2, -0.15) is 0 Å². The van der Waals surface area contributed by atoms with Gasteiger partial charge in [0.25, 0.3) is 0 Å². The van der Waals surface area contributed by atoms with Crippen molar-refractivity contribution < 1.29 is 9.47 Å². The van der Waals surface area contributed by atoms with E-state index in [-0.39, 0.29) is 0 Å². The standard InChI is InChI=1S/C16H26N2O2/c1-4-5-16(18-8-6-17-7-9-18)13-10-14(19-2)12-15(11-13)20-3/h10-12,16-17H,4-9H2,1-3H3/t16-/m0/s1. The molecule has 0 amide bonds. The molecule has 20 heavy (non-hydrogen) atoms. The van der Waals surface area contributed by atoms with Crippen LogP contribution in [-0.4, -0.2) is 45.3 Å². The van der Waals surface area contributed by atoms with E-state index in [4.69, 9.17) is 9.47 Å². The Bertz CT molecular complexity index is 395. The second kappa shape index (κ2) is 7.50. The van der Waals surface area contributed by atoms with Crippen LogP contribution in [0, 0.1) is 0 Å². The van der Waals surface area contributed by atoms with Crippen LogP contribution in [0.25, 0.3) is 0 Å². The summed E-state index contributed by atoms with van der Waals surface area (Å²) in [4.78, 5) is 2.56. The molecule has 0 bridgehead atoms. The highest BCUT2D eigenvalue weighted by Crippen LogP contribution is 2.32. The first-order valence-electron chi connectivity index (χ1n) is 7.46. The minimum Gasteiger partial charge on any atom is -0.497 e. The molecular weight excluding hydrogens is 252 g/mol. The number of nitrogens with one attached hydrogen (secondary N) is 1. The lowest BCUT2D eigenvalue weighted by Crippen LogP contribution is -2.45. The van der Waals surface area contributed by atoms with Crippen LogP contribution in [0.15, 0.2) is 18.2 Å². The summed E-state index contributed by atoms with van der Waals surface area (Å²) < 4.78 is 10.8. The quantitative estimate of drug-likeness (QED) is 0.866. The Balaban J connectivity index is 2.27. The molecule has 0 radical (unpaired) electrons. The second-order valence-electron chi connectivity index (χ2n) is 5.24. The summed E-state index contributed by atoms with van der Waals surface area (Å²) in [5.74, 6) is 1.74. The van der Waals surface area contributed by atoms with E-state index in [1.165, 1.54) is 12.0 Å². The van der Waals surface area contributed by atoms with Gasteiger partial charge in [-0.05, 0) is 24.1 Å². The first-order valence-corrected chi connectivity index (χ1v) is 7.46. The highest BCUT2D eigenvalue weighted by Gasteiger charge is 2.22. The molecule has 1 aliphatic heterocycles. The van der Waals surface area contributed by atoms with E-state index >= 15 is 0 Å². The van der Waals surface area contributed by atoms with Crippen LogP contribution in [0.5, 0.6) is 11.5 Å².